The largest absolute Gasteiger partial charge is 0.309 e. The van der Waals surface area contributed by atoms with Crippen molar-refractivity contribution >= 4 is 0 Å². The third kappa shape index (κ3) is 3.76. The SMILES string of the molecule is Cc1cccc(CNC2CCN(C)CC2c2ccccc2)c1. The summed E-state index contributed by atoms with van der Waals surface area (Å²) in [6, 6.07) is 20.3. The van der Waals surface area contributed by atoms with Gasteiger partial charge in [-0.05, 0) is 38.1 Å². The van der Waals surface area contributed by atoms with Crippen LogP contribution in [0.5, 0.6) is 0 Å². The molecule has 2 aromatic rings. The molecule has 2 atom stereocenters. The summed E-state index contributed by atoms with van der Waals surface area (Å²) in [6.07, 6.45) is 1.21. The summed E-state index contributed by atoms with van der Waals surface area (Å²) in [7, 11) is 2.23. The van der Waals surface area contributed by atoms with E-state index >= 15 is 0 Å². The topological polar surface area (TPSA) is 15.3 Å². The van der Waals surface area contributed by atoms with Gasteiger partial charge >= 0.3 is 0 Å². The molecule has 0 aliphatic carbocycles. The molecule has 1 N–H and O–H groups in total. The smallest absolute Gasteiger partial charge is 0.0208 e. The van der Waals surface area contributed by atoms with Gasteiger partial charge in [0, 0.05) is 25.0 Å². The number of likely N-dealkylation sites (tertiary alicyclic amines) is 1. The van der Waals surface area contributed by atoms with E-state index in [2.05, 4.69) is 78.8 Å². The maximum atomic E-state index is 3.81. The number of rotatable bonds is 4. The second-order valence-electron chi connectivity index (χ2n) is 6.54. The highest BCUT2D eigenvalue weighted by molar-refractivity contribution is 5.24. The lowest BCUT2D eigenvalue weighted by atomic mass is 9.86. The summed E-state index contributed by atoms with van der Waals surface area (Å²) in [5.41, 5.74) is 4.17. The number of hydrogen-bond acceptors (Lipinski definition) is 2. The summed E-state index contributed by atoms with van der Waals surface area (Å²) in [4.78, 5) is 2.45. The van der Waals surface area contributed by atoms with Gasteiger partial charge in [-0.3, -0.25) is 0 Å². The van der Waals surface area contributed by atoms with Gasteiger partial charge < -0.3 is 10.2 Å². The quantitative estimate of drug-likeness (QED) is 0.927. The second-order valence-corrected chi connectivity index (χ2v) is 6.54. The van der Waals surface area contributed by atoms with Gasteiger partial charge in [-0.2, -0.15) is 0 Å². The summed E-state index contributed by atoms with van der Waals surface area (Å²) in [5.74, 6) is 0.574. The Kier molecular flexibility index (Phi) is 4.91. The second kappa shape index (κ2) is 7.08. The predicted molar refractivity (Wildman–Crippen MR) is 93.1 cm³/mol. The Morgan fingerprint density at radius 2 is 1.91 bits per heavy atom. The first-order valence-electron chi connectivity index (χ1n) is 8.25. The molecule has 1 fully saturated rings. The number of nitrogens with one attached hydrogen (secondary N) is 1. The summed E-state index contributed by atoms with van der Waals surface area (Å²) < 4.78 is 0. The average molecular weight is 294 g/mol. The Balaban J connectivity index is 1.70. The van der Waals surface area contributed by atoms with Gasteiger partial charge in [0.25, 0.3) is 0 Å². The molecular weight excluding hydrogens is 268 g/mol. The molecule has 0 radical (unpaired) electrons. The van der Waals surface area contributed by atoms with Crippen LogP contribution in [0, 0.1) is 6.92 Å². The molecule has 0 amide bonds. The maximum Gasteiger partial charge on any atom is 0.0208 e. The van der Waals surface area contributed by atoms with E-state index in [1.165, 1.54) is 29.7 Å². The fourth-order valence-electron chi connectivity index (χ4n) is 3.47. The van der Waals surface area contributed by atoms with Crippen molar-refractivity contribution in [3.63, 3.8) is 0 Å². The minimum Gasteiger partial charge on any atom is -0.309 e. The Bertz CT molecular complexity index is 594. The highest BCUT2D eigenvalue weighted by Gasteiger charge is 2.28. The molecule has 22 heavy (non-hydrogen) atoms. The monoisotopic (exact) mass is 294 g/mol. The van der Waals surface area contributed by atoms with Gasteiger partial charge in [0.05, 0.1) is 0 Å². The number of likely N-dealkylation sites (N-methyl/N-ethyl adjacent to an activating group) is 1. The van der Waals surface area contributed by atoms with Crippen molar-refractivity contribution in [1.82, 2.24) is 10.2 Å². The molecule has 1 heterocycles. The first-order chi connectivity index (χ1) is 10.7. The van der Waals surface area contributed by atoms with Crippen LogP contribution in [0.2, 0.25) is 0 Å². The normalized spacial score (nSPS) is 22.6. The van der Waals surface area contributed by atoms with Crippen LogP contribution >= 0.6 is 0 Å². The summed E-state index contributed by atoms with van der Waals surface area (Å²) >= 11 is 0. The van der Waals surface area contributed by atoms with Crippen LogP contribution in [0.25, 0.3) is 0 Å². The summed E-state index contributed by atoms with van der Waals surface area (Å²) in [5, 5.41) is 3.81. The standard InChI is InChI=1S/C20H26N2/c1-16-7-6-8-17(13-16)14-21-20-11-12-22(2)15-19(20)18-9-4-3-5-10-18/h3-10,13,19-21H,11-12,14-15H2,1-2H3. The van der Waals surface area contributed by atoms with Crippen molar-refractivity contribution in [3.05, 3.63) is 71.3 Å². The molecule has 2 aromatic carbocycles. The lowest BCUT2D eigenvalue weighted by molar-refractivity contribution is 0.205. The van der Waals surface area contributed by atoms with Crippen LogP contribution in [0.1, 0.15) is 29.0 Å². The fourth-order valence-corrected chi connectivity index (χ4v) is 3.47. The van der Waals surface area contributed by atoms with Gasteiger partial charge in [0.15, 0.2) is 0 Å². The van der Waals surface area contributed by atoms with Gasteiger partial charge in [-0.25, -0.2) is 0 Å². The van der Waals surface area contributed by atoms with E-state index in [0.29, 0.717) is 12.0 Å². The first-order valence-corrected chi connectivity index (χ1v) is 8.25. The van der Waals surface area contributed by atoms with E-state index in [1.807, 2.05) is 0 Å². The van der Waals surface area contributed by atoms with Gasteiger partial charge in [0.1, 0.15) is 0 Å². The Labute approximate surface area is 134 Å². The molecule has 2 unspecified atom stereocenters. The Morgan fingerprint density at radius 3 is 2.68 bits per heavy atom. The molecule has 2 nitrogen and oxygen atoms in total. The number of benzene rings is 2. The number of nitrogens with zero attached hydrogens (tertiary/aromatic N) is 1. The van der Waals surface area contributed by atoms with Crippen LogP contribution in [0.4, 0.5) is 0 Å². The molecule has 2 heteroatoms. The van der Waals surface area contributed by atoms with Crippen molar-refractivity contribution in [3.8, 4) is 0 Å². The molecule has 0 bridgehead atoms. The van der Waals surface area contributed by atoms with E-state index in [4.69, 9.17) is 0 Å². The Hall–Kier alpha value is -1.64. The van der Waals surface area contributed by atoms with Crippen LogP contribution in [0.3, 0.4) is 0 Å². The van der Waals surface area contributed by atoms with Crippen LogP contribution < -0.4 is 5.32 Å². The lowest BCUT2D eigenvalue weighted by Crippen LogP contribution is -2.46. The number of piperidine rings is 1. The summed E-state index contributed by atoms with van der Waals surface area (Å²) in [6.45, 7) is 5.43. The minimum absolute atomic E-state index is 0.555. The molecule has 1 saturated heterocycles. The minimum atomic E-state index is 0.555. The molecular formula is C20H26N2. The van der Waals surface area contributed by atoms with E-state index in [9.17, 15) is 0 Å². The predicted octanol–water partition coefficient (Wildman–Crippen LogP) is 3.57. The van der Waals surface area contributed by atoms with Crippen molar-refractivity contribution in [2.24, 2.45) is 0 Å². The van der Waals surface area contributed by atoms with Crippen LogP contribution in [-0.2, 0) is 6.54 Å². The zero-order valence-corrected chi connectivity index (χ0v) is 13.6. The molecule has 0 spiro atoms. The highest BCUT2D eigenvalue weighted by Crippen LogP contribution is 2.27. The first kappa shape index (κ1) is 15.3. The molecule has 0 aromatic heterocycles. The average Bonchev–Trinajstić information content (AvgIpc) is 2.54. The van der Waals surface area contributed by atoms with E-state index in [0.717, 1.165) is 13.1 Å². The molecule has 116 valence electrons. The van der Waals surface area contributed by atoms with Crippen molar-refractivity contribution in [1.29, 1.82) is 0 Å². The third-order valence-corrected chi connectivity index (χ3v) is 4.69. The molecule has 0 saturated carbocycles. The van der Waals surface area contributed by atoms with Crippen molar-refractivity contribution in [2.45, 2.75) is 31.8 Å². The van der Waals surface area contributed by atoms with Gasteiger partial charge in [-0.1, -0.05) is 60.2 Å². The lowest BCUT2D eigenvalue weighted by Gasteiger charge is -2.37. The van der Waals surface area contributed by atoms with Crippen molar-refractivity contribution in [2.75, 3.05) is 20.1 Å². The zero-order chi connectivity index (χ0) is 15.4. The zero-order valence-electron chi connectivity index (χ0n) is 13.6. The highest BCUT2D eigenvalue weighted by atomic mass is 15.1. The molecule has 1 aliphatic rings. The van der Waals surface area contributed by atoms with Crippen LogP contribution in [-0.4, -0.2) is 31.1 Å². The van der Waals surface area contributed by atoms with E-state index in [-0.39, 0.29) is 0 Å². The van der Waals surface area contributed by atoms with Gasteiger partial charge in [0.2, 0.25) is 0 Å². The third-order valence-electron chi connectivity index (χ3n) is 4.69. The molecule has 3 rings (SSSR count). The number of hydrogen-bond donors (Lipinski definition) is 1. The fraction of sp³-hybridized carbons (Fsp3) is 0.400. The van der Waals surface area contributed by atoms with Crippen molar-refractivity contribution < 1.29 is 0 Å². The van der Waals surface area contributed by atoms with Gasteiger partial charge in [-0.15, -0.1) is 0 Å². The van der Waals surface area contributed by atoms with Crippen LogP contribution in [0.15, 0.2) is 54.6 Å². The Morgan fingerprint density at radius 1 is 1.09 bits per heavy atom. The van der Waals surface area contributed by atoms with E-state index < -0.39 is 0 Å². The van der Waals surface area contributed by atoms with E-state index in [1.54, 1.807) is 0 Å². The number of aryl methyl sites for hydroxylation is 1. The maximum absolute atomic E-state index is 3.81. The molecule has 1 aliphatic heterocycles.